The van der Waals surface area contributed by atoms with Crippen LogP contribution < -0.4 is 16.0 Å². The van der Waals surface area contributed by atoms with E-state index in [1.807, 2.05) is 0 Å². The Bertz CT molecular complexity index is 946. The van der Waals surface area contributed by atoms with Crippen LogP contribution in [0, 0.1) is 11.8 Å². The van der Waals surface area contributed by atoms with E-state index in [0.717, 1.165) is 19.0 Å². The maximum absolute atomic E-state index is 13.7. The molecule has 0 spiro atoms. The molecule has 12 heteroatoms. The number of hydrogen-bond donors (Lipinski definition) is 4. The zero-order valence-corrected chi connectivity index (χ0v) is 18.9. The summed E-state index contributed by atoms with van der Waals surface area (Å²) < 4.78 is 41.1. The maximum atomic E-state index is 13.7. The van der Waals surface area contributed by atoms with Gasteiger partial charge in [0.1, 0.15) is 18.0 Å². The Balaban J connectivity index is 1.79. The molecule has 0 bridgehead atoms. The molecule has 1 aromatic heterocycles. The topological polar surface area (TPSA) is 119 Å². The lowest BCUT2D eigenvalue weighted by Gasteiger charge is -2.34. The van der Waals surface area contributed by atoms with Gasteiger partial charge in [-0.3, -0.25) is 9.59 Å². The van der Waals surface area contributed by atoms with Crippen molar-refractivity contribution in [3.63, 3.8) is 0 Å². The van der Waals surface area contributed by atoms with Gasteiger partial charge in [0, 0.05) is 37.4 Å². The molecule has 2 amide bonds. The molecular weight excluding hydrogens is 453 g/mol. The van der Waals surface area contributed by atoms with Crippen molar-refractivity contribution in [3.05, 3.63) is 11.8 Å². The Morgan fingerprint density at radius 3 is 2.59 bits per heavy atom. The molecule has 2 heterocycles. The minimum absolute atomic E-state index is 0.00652. The number of alkyl halides is 3. The Labute approximate surface area is 195 Å². The Kier molecular flexibility index (Phi) is 8.55. The van der Waals surface area contributed by atoms with Gasteiger partial charge in [0.05, 0.1) is 0 Å². The standard InChI is InChI=1S/C22H29F3N6O3/c1-2-6-18(33)28-16-8-3-4-9-17(16)29-20-15(22(23,24)25)11-26-21(30-20)27-14-7-5-10-31(12-14)19(34)13-32/h11,14,16-17,32H,3-5,7-10,12-13H2,1H3,(H,28,33)(H2,26,27,29,30)/t14-,16+,17+/m0/s1. The molecule has 1 aliphatic heterocycles. The lowest BCUT2D eigenvalue weighted by atomic mass is 9.90. The minimum atomic E-state index is -4.67. The van der Waals surface area contributed by atoms with Gasteiger partial charge in [-0.25, -0.2) is 4.98 Å². The highest BCUT2D eigenvalue weighted by molar-refractivity contribution is 5.93. The first kappa shape index (κ1) is 25.6. The van der Waals surface area contributed by atoms with Crippen molar-refractivity contribution in [1.82, 2.24) is 20.2 Å². The summed E-state index contributed by atoms with van der Waals surface area (Å²) >= 11 is 0. The van der Waals surface area contributed by atoms with Crippen LogP contribution in [0.3, 0.4) is 0 Å². The lowest BCUT2D eigenvalue weighted by Crippen LogP contribution is -2.48. The second-order valence-electron chi connectivity index (χ2n) is 8.43. The van der Waals surface area contributed by atoms with Crippen molar-refractivity contribution in [2.75, 3.05) is 30.3 Å². The van der Waals surface area contributed by atoms with Crippen LogP contribution in [0.25, 0.3) is 0 Å². The van der Waals surface area contributed by atoms with Crippen molar-refractivity contribution >= 4 is 23.6 Å². The lowest BCUT2D eigenvalue weighted by molar-refractivity contribution is -0.137. The summed E-state index contributed by atoms with van der Waals surface area (Å²) in [7, 11) is 0. The zero-order valence-electron chi connectivity index (χ0n) is 18.9. The van der Waals surface area contributed by atoms with E-state index in [2.05, 4.69) is 37.8 Å². The largest absolute Gasteiger partial charge is 0.421 e. The maximum Gasteiger partial charge on any atom is 0.421 e. The summed E-state index contributed by atoms with van der Waals surface area (Å²) in [5, 5.41) is 17.8. The van der Waals surface area contributed by atoms with E-state index >= 15 is 0 Å². The number of nitrogens with zero attached hydrogens (tertiary/aromatic N) is 3. The van der Waals surface area contributed by atoms with Gasteiger partial charge in [-0.2, -0.15) is 18.2 Å². The summed E-state index contributed by atoms with van der Waals surface area (Å²) in [6, 6.07) is -1.10. The van der Waals surface area contributed by atoms with Crippen LogP contribution in [-0.2, 0) is 15.8 Å². The number of carbonyl (C=O) groups is 2. The van der Waals surface area contributed by atoms with E-state index in [9.17, 15) is 22.8 Å². The normalized spacial score (nSPS) is 22.9. The van der Waals surface area contributed by atoms with Gasteiger partial charge in [-0.05, 0) is 38.5 Å². The van der Waals surface area contributed by atoms with Gasteiger partial charge in [0.25, 0.3) is 5.91 Å². The van der Waals surface area contributed by atoms with Gasteiger partial charge >= 0.3 is 6.18 Å². The molecule has 9 nitrogen and oxygen atoms in total. The van der Waals surface area contributed by atoms with Crippen LogP contribution in [0.4, 0.5) is 24.9 Å². The number of aliphatic hydroxyl groups is 1. The Hall–Kier alpha value is -3.07. The molecule has 2 fully saturated rings. The molecule has 0 unspecified atom stereocenters. The molecule has 1 aliphatic carbocycles. The van der Waals surface area contributed by atoms with Crippen LogP contribution in [0.5, 0.6) is 0 Å². The van der Waals surface area contributed by atoms with Crippen LogP contribution in [-0.4, -0.2) is 69.6 Å². The van der Waals surface area contributed by atoms with Gasteiger partial charge in [-0.15, -0.1) is 0 Å². The molecule has 0 aromatic carbocycles. The number of hydrogen-bond acceptors (Lipinski definition) is 7. The van der Waals surface area contributed by atoms with Crippen molar-refractivity contribution in [3.8, 4) is 11.8 Å². The predicted octanol–water partition coefficient (Wildman–Crippen LogP) is 1.75. The monoisotopic (exact) mass is 482 g/mol. The molecule has 34 heavy (non-hydrogen) atoms. The summed E-state index contributed by atoms with van der Waals surface area (Å²) in [5.74, 6) is 3.68. The third-order valence-electron chi connectivity index (χ3n) is 5.98. The second-order valence-corrected chi connectivity index (χ2v) is 8.43. The second kappa shape index (κ2) is 11.4. The van der Waals surface area contributed by atoms with Crippen molar-refractivity contribution in [2.45, 2.75) is 69.8 Å². The highest BCUT2D eigenvalue weighted by Gasteiger charge is 2.37. The fourth-order valence-corrected chi connectivity index (χ4v) is 4.34. The van der Waals surface area contributed by atoms with Crippen molar-refractivity contribution < 1.29 is 27.9 Å². The van der Waals surface area contributed by atoms with Crippen molar-refractivity contribution in [1.29, 1.82) is 0 Å². The van der Waals surface area contributed by atoms with E-state index in [1.165, 1.54) is 11.8 Å². The number of carbonyl (C=O) groups excluding carboxylic acids is 2. The molecule has 1 aromatic rings. The van der Waals surface area contributed by atoms with Crippen LogP contribution in [0.15, 0.2) is 6.20 Å². The summed E-state index contributed by atoms with van der Waals surface area (Å²) in [5.41, 5.74) is -0.997. The molecule has 186 valence electrons. The smallest absolute Gasteiger partial charge is 0.387 e. The van der Waals surface area contributed by atoms with E-state index in [0.29, 0.717) is 38.8 Å². The number of rotatable bonds is 6. The third-order valence-corrected chi connectivity index (χ3v) is 5.98. The first-order valence-corrected chi connectivity index (χ1v) is 11.3. The number of halogens is 3. The summed E-state index contributed by atoms with van der Waals surface area (Å²) in [6.45, 7) is 1.74. The number of anilines is 2. The first-order chi connectivity index (χ1) is 16.2. The van der Waals surface area contributed by atoms with Crippen LogP contribution in [0.1, 0.15) is 51.0 Å². The van der Waals surface area contributed by atoms with Crippen LogP contribution in [0.2, 0.25) is 0 Å². The number of nitrogens with one attached hydrogen (secondary N) is 3. The molecule has 3 rings (SSSR count). The van der Waals surface area contributed by atoms with Crippen LogP contribution >= 0.6 is 0 Å². The molecule has 2 aliphatic rings. The zero-order chi connectivity index (χ0) is 24.7. The number of amides is 2. The fourth-order valence-electron chi connectivity index (χ4n) is 4.34. The predicted molar refractivity (Wildman–Crippen MR) is 119 cm³/mol. The van der Waals surface area contributed by atoms with E-state index in [1.54, 1.807) is 0 Å². The van der Waals surface area contributed by atoms with Gasteiger partial charge < -0.3 is 26.0 Å². The number of piperidine rings is 1. The number of likely N-dealkylation sites (tertiary alicyclic amines) is 1. The molecule has 4 N–H and O–H groups in total. The average Bonchev–Trinajstić information content (AvgIpc) is 2.79. The first-order valence-electron chi connectivity index (χ1n) is 11.3. The highest BCUT2D eigenvalue weighted by atomic mass is 19.4. The van der Waals surface area contributed by atoms with Crippen molar-refractivity contribution in [2.24, 2.45) is 0 Å². The third kappa shape index (κ3) is 6.72. The fraction of sp³-hybridized carbons (Fsp3) is 0.636. The minimum Gasteiger partial charge on any atom is -0.387 e. The summed E-state index contributed by atoms with van der Waals surface area (Å²) in [6.07, 6.45) is 0.247. The van der Waals surface area contributed by atoms with E-state index in [4.69, 9.17) is 5.11 Å². The van der Waals surface area contributed by atoms with E-state index in [-0.39, 0.29) is 23.8 Å². The van der Waals surface area contributed by atoms with Gasteiger partial charge in [0.2, 0.25) is 11.9 Å². The molecule has 1 saturated carbocycles. The average molecular weight is 483 g/mol. The SMILES string of the molecule is CC#CC(=O)N[C@@H]1CCCC[C@H]1Nc1nc(N[C@H]2CCCN(C(=O)CO)C2)ncc1C(F)(F)F. The summed E-state index contributed by atoms with van der Waals surface area (Å²) in [4.78, 5) is 33.2. The Morgan fingerprint density at radius 1 is 1.18 bits per heavy atom. The van der Waals surface area contributed by atoms with E-state index < -0.39 is 36.2 Å². The molecule has 3 atom stereocenters. The van der Waals surface area contributed by atoms with Gasteiger partial charge in [-0.1, -0.05) is 18.8 Å². The Morgan fingerprint density at radius 2 is 1.91 bits per heavy atom. The number of aliphatic hydroxyl groups excluding tert-OH is 1. The molecular formula is C22H29F3N6O3. The molecule has 1 saturated heterocycles. The van der Waals surface area contributed by atoms with Gasteiger partial charge in [0.15, 0.2) is 0 Å². The highest BCUT2D eigenvalue weighted by Crippen LogP contribution is 2.35. The quantitative estimate of drug-likeness (QED) is 0.456. The number of aromatic nitrogens is 2. The molecule has 0 radical (unpaired) electrons.